The molecule has 0 atom stereocenters. The molecule has 0 aromatic heterocycles. The lowest BCUT2D eigenvalue weighted by Gasteiger charge is -2.17. The largest absolute Gasteiger partial charge is 0.273 e. The van der Waals surface area contributed by atoms with Crippen molar-refractivity contribution in [3.8, 4) is 0 Å². The second kappa shape index (κ2) is 2.86. The number of nitrogens with zero attached hydrogens (tertiary/aromatic N) is 3. The minimum atomic E-state index is 0.660. The van der Waals surface area contributed by atoms with Gasteiger partial charge in [0.15, 0.2) is 0 Å². The van der Waals surface area contributed by atoms with Gasteiger partial charge in [0, 0.05) is 20.1 Å². The fourth-order valence-corrected chi connectivity index (χ4v) is 1.11. The zero-order chi connectivity index (χ0) is 7.72. The Balaban J connectivity index is 2.41. The zero-order valence-corrected chi connectivity index (χ0v) is 7.33. The molecule has 0 unspecified atom stereocenters. The van der Waals surface area contributed by atoms with Crippen molar-refractivity contribution < 1.29 is 0 Å². The molecule has 0 radical (unpaired) electrons. The molecule has 60 valence electrons. The van der Waals surface area contributed by atoms with Crippen LogP contribution in [0.4, 0.5) is 0 Å². The van der Waals surface area contributed by atoms with Crippen molar-refractivity contribution >= 4 is 0 Å². The van der Waals surface area contributed by atoms with Gasteiger partial charge in [-0.15, -0.1) is 0 Å². The molecule has 0 amide bonds. The summed E-state index contributed by atoms with van der Waals surface area (Å²) >= 11 is 0. The van der Waals surface area contributed by atoms with Gasteiger partial charge in [0.1, 0.15) is 0 Å². The first-order chi connectivity index (χ1) is 4.61. The van der Waals surface area contributed by atoms with Crippen molar-refractivity contribution in [1.82, 2.24) is 14.9 Å². The average Bonchev–Trinajstić information content (AvgIpc) is 2.13. The van der Waals surface area contributed by atoms with Crippen LogP contribution in [0.3, 0.4) is 0 Å². The fraction of sp³-hybridized carbons (Fsp3) is 1.00. The molecule has 3 nitrogen and oxygen atoms in total. The van der Waals surface area contributed by atoms with Gasteiger partial charge in [-0.3, -0.25) is 4.90 Å². The van der Waals surface area contributed by atoms with E-state index in [2.05, 4.69) is 42.9 Å². The Bertz CT molecular complexity index is 103. The zero-order valence-electron chi connectivity index (χ0n) is 7.33. The Hall–Kier alpha value is -0.120. The van der Waals surface area contributed by atoms with Crippen LogP contribution in [-0.4, -0.2) is 48.4 Å². The SMILES string of the molecule is CC(C)N1CN(C)N(C)C1. The lowest BCUT2D eigenvalue weighted by atomic mass is 10.4. The number of hydrogen-bond acceptors (Lipinski definition) is 3. The Morgan fingerprint density at radius 1 is 1.00 bits per heavy atom. The summed E-state index contributed by atoms with van der Waals surface area (Å²) < 4.78 is 0. The number of hydrazine groups is 1. The third kappa shape index (κ3) is 1.48. The van der Waals surface area contributed by atoms with Crippen molar-refractivity contribution in [3.05, 3.63) is 0 Å². The summed E-state index contributed by atoms with van der Waals surface area (Å²) in [4.78, 5) is 2.42. The lowest BCUT2D eigenvalue weighted by molar-refractivity contribution is 0.0894. The minimum Gasteiger partial charge on any atom is -0.273 e. The lowest BCUT2D eigenvalue weighted by Crippen LogP contribution is -2.29. The maximum Gasteiger partial charge on any atom is 0.0659 e. The summed E-state index contributed by atoms with van der Waals surface area (Å²) in [7, 11) is 4.23. The summed E-state index contributed by atoms with van der Waals surface area (Å²) in [5.74, 6) is 0. The minimum absolute atomic E-state index is 0.660. The highest BCUT2D eigenvalue weighted by atomic mass is 15.7. The van der Waals surface area contributed by atoms with Gasteiger partial charge >= 0.3 is 0 Å². The molecule has 1 saturated heterocycles. The molecular formula is C7H17N3. The highest BCUT2D eigenvalue weighted by Gasteiger charge is 2.22. The van der Waals surface area contributed by atoms with Crippen LogP contribution in [0.2, 0.25) is 0 Å². The third-order valence-corrected chi connectivity index (χ3v) is 2.09. The molecule has 0 bridgehead atoms. The van der Waals surface area contributed by atoms with Crippen LogP contribution in [0, 0.1) is 0 Å². The average molecular weight is 143 g/mol. The second-order valence-electron chi connectivity index (χ2n) is 3.28. The van der Waals surface area contributed by atoms with E-state index in [-0.39, 0.29) is 0 Å². The van der Waals surface area contributed by atoms with E-state index in [0.29, 0.717) is 6.04 Å². The molecule has 1 rings (SSSR count). The Kier molecular flexibility index (Phi) is 2.28. The first-order valence-electron chi connectivity index (χ1n) is 3.77. The summed E-state index contributed by atoms with van der Waals surface area (Å²) in [6.07, 6.45) is 0. The highest BCUT2D eigenvalue weighted by molar-refractivity contribution is 4.65. The topological polar surface area (TPSA) is 9.72 Å². The molecule has 0 spiro atoms. The predicted molar refractivity (Wildman–Crippen MR) is 42.2 cm³/mol. The molecule has 1 aliphatic heterocycles. The predicted octanol–water partition coefficient (Wildman–Crippen LogP) is 0.404. The van der Waals surface area contributed by atoms with E-state index in [9.17, 15) is 0 Å². The van der Waals surface area contributed by atoms with Gasteiger partial charge in [-0.1, -0.05) is 0 Å². The Labute approximate surface area is 63.2 Å². The molecule has 0 aromatic carbocycles. The van der Waals surface area contributed by atoms with Crippen molar-refractivity contribution in [2.24, 2.45) is 0 Å². The third-order valence-electron chi connectivity index (χ3n) is 2.09. The maximum atomic E-state index is 2.42. The van der Waals surface area contributed by atoms with E-state index >= 15 is 0 Å². The van der Waals surface area contributed by atoms with E-state index in [1.54, 1.807) is 0 Å². The molecule has 10 heavy (non-hydrogen) atoms. The highest BCUT2D eigenvalue weighted by Crippen LogP contribution is 2.09. The van der Waals surface area contributed by atoms with Crippen molar-refractivity contribution in [2.75, 3.05) is 27.4 Å². The van der Waals surface area contributed by atoms with Gasteiger partial charge in [0.25, 0.3) is 0 Å². The van der Waals surface area contributed by atoms with Gasteiger partial charge in [0.05, 0.1) is 13.3 Å². The molecule has 3 heteroatoms. The molecule has 1 heterocycles. The molecule has 0 aliphatic carbocycles. The van der Waals surface area contributed by atoms with E-state index in [1.807, 2.05) is 0 Å². The monoisotopic (exact) mass is 143 g/mol. The van der Waals surface area contributed by atoms with Crippen LogP contribution in [0.5, 0.6) is 0 Å². The summed E-state index contributed by atoms with van der Waals surface area (Å²) in [5.41, 5.74) is 0. The van der Waals surface area contributed by atoms with E-state index < -0.39 is 0 Å². The number of hydrogen-bond donors (Lipinski definition) is 0. The molecule has 1 aliphatic rings. The summed E-state index contributed by atoms with van der Waals surface area (Å²) in [5, 5.41) is 4.44. The van der Waals surface area contributed by atoms with Gasteiger partial charge in [-0.2, -0.15) is 0 Å². The van der Waals surface area contributed by atoms with Gasteiger partial charge < -0.3 is 0 Å². The second-order valence-corrected chi connectivity index (χ2v) is 3.28. The van der Waals surface area contributed by atoms with Gasteiger partial charge in [-0.05, 0) is 13.8 Å². The fourth-order valence-electron chi connectivity index (χ4n) is 1.11. The first-order valence-corrected chi connectivity index (χ1v) is 3.77. The van der Waals surface area contributed by atoms with Crippen molar-refractivity contribution in [3.63, 3.8) is 0 Å². The van der Waals surface area contributed by atoms with Gasteiger partial charge in [0.2, 0.25) is 0 Å². The summed E-state index contributed by atoms with van der Waals surface area (Å²) in [6.45, 7) is 6.59. The normalized spacial score (nSPS) is 24.9. The van der Waals surface area contributed by atoms with E-state index in [1.165, 1.54) is 0 Å². The first kappa shape index (κ1) is 7.98. The molecule has 1 fully saturated rings. The van der Waals surface area contributed by atoms with Crippen molar-refractivity contribution in [1.29, 1.82) is 0 Å². The van der Waals surface area contributed by atoms with E-state index in [0.717, 1.165) is 13.3 Å². The van der Waals surface area contributed by atoms with Crippen LogP contribution in [0.15, 0.2) is 0 Å². The molecule has 0 saturated carbocycles. The van der Waals surface area contributed by atoms with Crippen LogP contribution in [0.25, 0.3) is 0 Å². The standard InChI is InChI=1S/C7H17N3/c1-7(2)10-5-8(3)9(4)6-10/h7H,5-6H2,1-4H3. The molecular weight excluding hydrogens is 126 g/mol. The van der Waals surface area contributed by atoms with Crippen LogP contribution in [-0.2, 0) is 0 Å². The van der Waals surface area contributed by atoms with Crippen molar-refractivity contribution in [2.45, 2.75) is 19.9 Å². The van der Waals surface area contributed by atoms with Crippen LogP contribution >= 0.6 is 0 Å². The number of rotatable bonds is 1. The van der Waals surface area contributed by atoms with Crippen LogP contribution in [0.1, 0.15) is 13.8 Å². The van der Waals surface area contributed by atoms with Crippen LogP contribution < -0.4 is 0 Å². The maximum absolute atomic E-state index is 2.42. The summed E-state index contributed by atoms with van der Waals surface area (Å²) in [6, 6.07) is 0.660. The molecule has 0 N–H and O–H groups in total. The Morgan fingerprint density at radius 3 is 1.60 bits per heavy atom. The van der Waals surface area contributed by atoms with Gasteiger partial charge in [-0.25, -0.2) is 10.0 Å². The Morgan fingerprint density at radius 2 is 1.40 bits per heavy atom. The quantitative estimate of drug-likeness (QED) is 0.526. The van der Waals surface area contributed by atoms with E-state index in [4.69, 9.17) is 0 Å². The molecule has 0 aromatic rings. The smallest absolute Gasteiger partial charge is 0.0659 e.